The van der Waals surface area contributed by atoms with Gasteiger partial charge in [-0.3, -0.25) is 4.79 Å². The van der Waals surface area contributed by atoms with Crippen LogP contribution in [0.1, 0.15) is 22.8 Å². The van der Waals surface area contributed by atoms with E-state index in [0.717, 1.165) is 17.7 Å². The van der Waals surface area contributed by atoms with Crippen molar-refractivity contribution in [2.24, 2.45) is 0 Å². The minimum Gasteiger partial charge on any atom is -0.399 e. The molecule has 2 rings (SSSR count). The summed E-state index contributed by atoms with van der Waals surface area (Å²) in [6, 6.07) is 12.6. The van der Waals surface area contributed by atoms with Gasteiger partial charge in [0.2, 0.25) is 0 Å². The fraction of sp³-hybridized carbons (Fsp3) is 0.133. The molecule has 0 aliphatic carbocycles. The number of nitrogen functional groups attached to an aromatic ring is 1. The van der Waals surface area contributed by atoms with Crippen molar-refractivity contribution in [3.05, 3.63) is 58.6 Å². The van der Waals surface area contributed by atoms with Crippen molar-refractivity contribution >= 4 is 28.9 Å². The molecule has 0 saturated carbocycles. The summed E-state index contributed by atoms with van der Waals surface area (Å²) in [7, 11) is 0. The third kappa shape index (κ3) is 3.26. The topological polar surface area (TPSA) is 55.1 Å². The van der Waals surface area contributed by atoms with E-state index in [2.05, 4.69) is 12.2 Å². The number of carbonyl (C=O) groups excluding carboxylic acids is 1. The van der Waals surface area contributed by atoms with Gasteiger partial charge in [0.1, 0.15) is 0 Å². The lowest BCUT2D eigenvalue weighted by Crippen LogP contribution is -2.13. The van der Waals surface area contributed by atoms with E-state index in [1.54, 1.807) is 18.2 Å². The molecule has 2 aromatic rings. The van der Waals surface area contributed by atoms with Crippen LogP contribution < -0.4 is 11.1 Å². The molecule has 0 spiro atoms. The van der Waals surface area contributed by atoms with E-state index < -0.39 is 0 Å². The largest absolute Gasteiger partial charge is 0.399 e. The van der Waals surface area contributed by atoms with Gasteiger partial charge in [-0.2, -0.15) is 0 Å². The molecule has 0 aromatic heterocycles. The average Bonchev–Trinajstić information content (AvgIpc) is 2.41. The number of hydrogen-bond acceptors (Lipinski definition) is 2. The number of rotatable bonds is 3. The summed E-state index contributed by atoms with van der Waals surface area (Å²) < 4.78 is 0. The van der Waals surface area contributed by atoms with Gasteiger partial charge in [0, 0.05) is 11.4 Å². The lowest BCUT2D eigenvalue weighted by atomic mass is 10.1. The van der Waals surface area contributed by atoms with Crippen molar-refractivity contribution in [1.29, 1.82) is 0 Å². The second kappa shape index (κ2) is 5.76. The van der Waals surface area contributed by atoms with E-state index in [9.17, 15) is 4.79 Å². The van der Waals surface area contributed by atoms with Crippen molar-refractivity contribution in [3.8, 4) is 0 Å². The Morgan fingerprint density at radius 3 is 2.79 bits per heavy atom. The monoisotopic (exact) mass is 274 g/mol. The van der Waals surface area contributed by atoms with Gasteiger partial charge in [-0.1, -0.05) is 30.7 Å². The molecule has 0 aliphatic heterocycles. The summed E-state index contributed by atoms with van der Waals surface area (Å²) in [5, 5.41) is 3.21. The minimum absolute atomic E-state index is 0.259. The highest BCUT2D eigenvalue weighted by molar-refractivity contribution is 6.34. The van der Waals surface area contributed by atoms with E-state index in [0.29, 0.717) is 16.3 Å². The van der Waals surface area contributed by atoms with Crippen LogP contribution in [0.2, 0.25) is 5.02 Å². The Bertz CT molecular complexity index is 611. The van der Waals surface area contributed by atoms with Crippen LogP contribution in [0.5, 0.6) is 0 Å². The van der Waals surface area contributed by atoms with Gasteiger partial charge >= 0.3 is 0 Å². The average molecular weight is 275 g/mol. The molecule has 0 bridgehead atoms. The Labute approximate surface area is 117 Å². The predicted molar refractivity (Wildman–Crippen MR) is 79.6 cm³/mol. The minimum atomic E-state index is -0.259. The molecule has 0 atom stereocenters. The maximum Gasteiger partial charge on any atom is 0.257 e. The van der Waals surface area contributed by atoms with Crippen LogP contribution in [0.15, 0.2) is 42.5 Å². The summed E-state index contributed by atoms with van der Waals surface area (Å²) in [5.74, 6) is -0.259. The molecule has 0 heterocycles. The Kier molecular flexibility index (Phi) is 4.07. The highest BCUT2D eigenvalue weighted by Gasteiger charge is 2.11. The predicted octanol–water partition coefficient (Wildman–Crippen LogP) is 3.74. The van der Waals surface area contributed by atoms with Gasteiger partial charge < -0.3 is 11.1 Å². The third-order valence-electron chi connectivity index (χ3n) is 2.83. The van der Waals surface area contributed by atoms with Gasteiger partial charge in [0.05, 0.1) is 10.6 Å². The Balaban J connectivity index is 2.23. The Morgan fingerprint density at radius 1 is 1.26 bits per heavy atom. The van der Waals surface area contributed by atoms with E-state index >= 15 is 0 Å². The molecule has 0 radical (unpaired) electrons. The fourth-order valence-corrected chi connectivity index (χ4v) is 1.99. The number of amides is 1. The van der Waals surface area contributed by atoms with Crippen LogP contribution in [-0.4, -0.2) is 5.91 Å². The highest BCUT2D eigenvalue weighted by Crippen LogP contribution is 2.20. The lowest BCUT2D eigenvalue weighted by molar-refractivity contribution is 0.102. The normalized spacial score (nSPS) is 10.2. The number of benzene rings is 2. The summed E-state index contributed by atoms with van der Waals surface area (Å²) >= 11 is 6.00. The molecule has 0 aliphatic rings. The second-order valence-corrected chi connectivity index (χ2v) is 4.65. The Morgan fingerprint density at radius 2 is 2.05 bits per heavy atom. The van der Waals surface area contributed by atoms with Crippen LogP contribution in [0.4, 0.5) is 11.4 Å². The number of anilines is 2. The second-order valence-electron chi connectivity index (χ2n) is 4.25. The van der Waals surface area contributed by atoms with Crippen LogP contribution in [0, 0.1) is 0 Å². The first-order valence-corrected chi connectivity index (χ1v) is 6.43. The number of hydrogen-bond donors (Lipinski definition) is 2. The first-order chi connectivity index (χ1) is 9.10. The van der Waals surface area contributed by atoms with Gasteiger partial charge in [0.15, 0.2) is 0 Å². The zero-order valence-electron chi connectivity index (χ0n) is 10.6. The van der Waals surface area contributed by atoms with Gasteiger partial charge in [-0.15, -0.1) is 0 Å². The maximum absolute atomic E-state index is 12.1. The van der Waals surface area contributed by atoms with E-state index in [-0.39, 0.29) is 5.91 Å². The molecular formula is C15H15ClN2O. The van der Waals surface area contributed by atoms with Gasteiger partial charge in [-0.05, 0) is 42.3 Å². The number of aryl methyl sites for hydroxylation is 1. The molecule has 19 heavy (non-hydrogen) atoms. The van der Waals surface area contributed by atoms with E-state index in [1.807, 2.05) is 24.3 Å². The maximum atomic E-state index is 12.1. The van der Waals surface area contributed by atoms with Crippen molar-refractivity contribution in [2.45, 2.75) is 13.3 Å². The highest BCUT2D eigenvalue weighted by atomic mass is 35.5. The number of halogens is 1. The number of nitrogens with one attached hydrogen (secondary N) is 1. The molecule has 0 saturated heterocycles. The molecular weight excluding hydrogens is 260 g/mol. The molecule has 0 fully saturated rings. The summed E-state index contributed by atoms with van der Waals surface area (Å²) in [5.41, 5.74) is 8.47. The first-order valence-electron chi connectivity index (χ1n) is 6.05. The number of nitrogens with two attached hydrogens (primary N) is 1. The smallest absolute Gasteiger partial charge is 0.257 e. The molecule has 4 heteroatoms. The molecule has 1 amide bonds. The van der Waals surface area contributed by atoms with Crippen LogP contribution in [0.3, 0.4) is 0 Å². The zero-order valence-corrected chi connectivity index (χ0v) is 11.4. The standard InChI is InChI=1S/C15H15ClN2O/c1-2-10-4-3-5-12(8-10)18-15(19)13-9-11(17)6-7-14(13)16/h3-9H,2,17H2,1H3,(H,18,19). The van der Waals surface area contributed by atoms with Crippen molar-refractivity contribution in [1.82, 2.24) is 0 Å². The van der Waals surface area contributed by atoms with Gasteiger partial charge in [0.25, 0.3) is 5.91 Å². The molecule has 3 N–H and O–H groups in total. The Hall–Kier alpha value is -2.00. The van der Waals surface area contributed by atoms with Crippen molar-refractivity contribution < 1.29 is 4.79 Å². The van der Waals surface area contributed by atoms with Gasteiger partial charge in [-0.25, -0.2) is 0 Å². The molecule has 98 valence electrons. The molecule has 0 unspecified atom stereocenters. The summed E-state index contributed by atoms with van der Waals surface area (Å²) in [6.07, 6.45) is 0.919. The lowest BCUT2D eigenvalue weighted by Gasteiger charge is -2.08. The zero-order chi connectivity index (χ0) is 13.8. The number of carbonyl (C=O) groups is 1. The van der Waals surface area contributed by atoms with Crippen molar-refractivity contribution in [2.75, 3.05) is 11.1 Å². The quantitative estimate of drug-likeness (QED) is 0.838. The van der Waals surface area contributed by atoms with Crippen LogP contribution in [0.25, 0.3) is 0 Å². The van der Waals surface area contributed by atoms with Crippen LogP contribution >= 0.6 is 11.6 Å². The fourth-order valence-electron chi connectivity index (χ4n) is 1.78. The summed E-state index contributed by atoms with van der Waals surface area (Å²) in [6.45, 7) is 2.07. The molecule has 3 nitrogen and oxygen atoms in total. The van der Waals surface area contributed by atoms with E-state index in [4.69, 9.17) is 17.3 Å². The summed E-state index contributed by atoms with van der Waals surface area (Å²) in [4.78, 5) is 12.1. The third-order valence-corrected chi connectivity index (χ3v) is 3.16. The van der Waals surface area contributed by atoms with E-state index in [1.165, 1.54) is 0 Å². The first kappa shape index (κ1) is 13.4. The molecule has 2 aromatic carbocycles. The van der Waals surface area contributed by atoms with Crippen LogP contribution in [-0.2, 0) is 6.42 Å². The SMILES string of the molecule is CCc1cccc(NC(=O)c2cc(N)ccc2Cl)c1. The van der Waals surface area contributed by atoms with Crippen molar-refractivity contribution in [3.63, 3.8) is 0 Å².